The summed E-state index contributed by atoms with van der Waals surface area (Å²) in [6.45, 7) is 0. The van der Waals surface area contributed by atoms with Gasteiger partial charge in [0.15, 0.2) is 0 Å². The Balaban J connectivity index is 3.28. The van der Waals surface area contributed by atoms with Crippen LogP contribution in [0.3, 0.4) is 0 Å². The molecule has 0 aromatic carbocycles. The van der Waals surface area contributed by atoms with Crippen LogP contribution < -0.4 is 11.1 Å². The molecule has 0 aliphatic rings. The topological polar surface area (TPSA) is 68.0 Å². The Morgan fingerprint density at radius 3 is 2.53 bits per heavy atom. The smallest absolute Gasteiger partial charge is 0.372 e. The molecule has 4 nitrogen and oxygen atoms in total. The molecule has 1 aromatic rings. The number of carbonyl (C=O) groups excluding carboxylic acids is 1. The molecule has 1 heterocycles. The van der Waals surface area contributed by atoms with E-state index in [2.05, 4.69) is 10.3 Å². The lowest BCUT2D eigenvalue weighted by molar-refractivity contribution is -0.137. The van der Waals surface area contributed by atoms with Gasteiger partial charge in [0.2, 0.25) is 0 Å². The molecule has 3 N–H and O–H groups in total. The molecule has 15 heavy (non-hydrogen) atoms. The van der Waals surface area contributed by atoms with Crippen LogP contribution in [-0.2, 0) is 6.18 Å². The zero-order valence-electron chi connectivity index (χ0n) is 7.72. The molecule has 0 aliphatic heterocycles. The van der Waals surface area contributed by atoms with Crippen LogP contribution in [0.25, 0.3) is 0 Å². The number of nitrogens with two attached hydrogens (primary N) is 1. The van der Waals surface area contributed by atoms with E-state index in [1.807, 2.05) is 0 Å². The second-order valence-corrected chi connectivity index (χ2v) is 2.73. The average Bonchev–Trinajstić information content (AvgIpc) is 2.15. The van der Waals surface area contributed by atoms with E-state index in [1.165, 1.54) is 7.05 Å². The summed E-state index contributed by atoms with van der Waals surface area (Å²) in [6.07, 6.45) is -3.90. The van der Waals surface area contributed by atoms with Crippen molar-refractivity contribution in [3.05, 3.63) is 23.4 Å². The van der Waals surface area contributed by atoms with Crippen molar-refractivity contribution in [2.45, 2.75) is 6.18 Å². The summed E-state index contributed by atoms with van der Waals surface area (Å²) in [5.41, 5.74) is 3.63. The van der Waals surface area contributed by atoms with Gasteiger partial charge in [-0.05, 0) is 6.07 Å². The van der Waals surface area contributed by atoms with Gasteiger partial charge in [0.1, 0.15) is 5.82 Å². The maximum Gasteiger partial charge on any atom is 0.417 e. The van der Waals surface area contributed by atoms with Crippen LogP contribution in [0.4, 0.5) is 19.0 Å². The molecule has 1 rings (SSSR count). The third-order valence-electron chi connectivity index (χ3n) is 1.72. The fourth-order valence-corrected chi connectivity index (χ4v) is 1.01. The van der Waals surface area contributed by atoms with E-state index in [4.69, 9.17) is 5.73 Å². The number of alkyl halides is 3. The van der Waals surface area contributed by atoms with Crippen LogP contribution >= 0.6 is 0 Å². The highest BCUT2D eigenvalue weighted by Gasteiger charge is 2.32. The Hall–Kier alpha value is -1.79. The molecule has 0 saturated carbocycles. The van der Waals surface area contributed by atoms with Crippen LogP contribution in [0.5, 0.6) is 0 Å². The molecule has 0 atom stereocenters. The number of primary amides is 1. The normalized spacial score (nSPS) is 11.2. The van der Waals surface area contributed by atoms with E-state index in [0.717, 1.165) is 0 Å². The minimum absolute atomic E-state index is 0.0236. The van der Waals surface area contributed by atoms with Gasteiger partial charge in [-0.3, -0.25) is 4.79 Å². The molecule has 0 fully saturated rings. The van der Waals surface area contributed by atoms with E-state index in [9.17, 15) is 18.0 Å². The molecule has 0 radical (unpaired) electrons. The first-order valence-electron chi connectivity index (χ1n) is 3.91. The largest absolute Gasteiger partial charge is 0.417 e. The predicted molar refractivity (Wildman–Crippen MR) is 47.3 cm³/mol. The number of rotatable bonds is 2. The van der Waals surface area contributed by atoms with Gasteiger partial charge in [0, 0.05) is 13.2 Å². The highest BCUT2D eigenvalue weighted by molar-refractivity contribution is 5.97. The summed E-state index contributed by atoms with van der Waals surface area (Å²) in [6, 6.07) is 0.668. The van der Waals surface area contributed by atoms with Crippen molar-refractivity contribution in [3.63, 3.8) is 0 Å². The van der Waals surface area contributed by atoms with Crippen LogP contribution in [0.2, 0.25) is 0 Å². The SMILES string of the molecule is CNc1ncc(C(F)(F)F)cc1C(N)=O. The van der Waals surface area contributed by atoms with E-state index in [0.29, 0.717) is 12.3 Å². The van der Waals surface area contributed by atoms with E-state index in [-0.39, 0.29) is 11.4 Å². The number of hydrogen-bond acceptors (Lipinski definition) is 3. The van der Waals surface area contributed by atoms with Crippen LogP contribution in [-0.4, -0.2) is 17.9 Å². The molecule has 0 unspecified atom stereocenters. The zero-order chi connectivity index (χ0) is 11.6. The molecule has 1 aromatic heterocycles. The van der Waals surface area contributed by atoms with E-state index in [1.54, 1.807) is 0 Å². The molecule has 82 valence electrons. The molecule has 1 amide bonds. The number of hydrogen-bond donors (Lipinski definition) is 2. The summed E-state index contributed by atoms with van der Waals surface area (Å²) in [7, 11) is 1.43. The van der Waals surface area contributed by atoms with Gasteiger partial charge in [-0.15, -0.1) is 0 Å². The number of pyridine rings is 1. The highest BCUT2D eigenvalue weighted by atomic mass is 19.4. The van der Waals surface area contributed by atoms with Gasteiger partial charge < -0.3 is 11.1 Å². The lowest BCUT2D eigenvalue weighted by atomic mass is 10.1. The zero-order valence-corrected chi connectivity index (χ0v) is 7.72. The first-order chi connectivity index (χ1) is 6.86. The van der Waals surface area contributed by atoms with Gasteiger partial charge in [0.05, 0.1) is 11.1 Å². The summed E-state index contributed by atoms with van der Waals surface area (Å²) in [4.78, 5) is 14.3. The second kappa shape index (κ2) is 3.76. The Labute approximate surface area is 83.3 Å². The number of anilines is 1. The Bertz CT molecular complexity index is 389. The van der Waals surface area contributed by atoms with Gasteiger partial charge >= 0.3 is 6.18 Å². The maximum atomic E-state index is 12.3. The third kappa shape index (κ3) is 2.36. The number of amides is 1. The van der Waals surface area contributed by atoms with Crippen LogP contribution in [0.1, 0.15) is 15.9 Å². The number of halogens is 3. The van der Waals surface area contributed by atoms with Gasteiger partial charge in [0.25, 0.3) is 5.91 Å². The molecule has 0 spiro atoms. The summed E-state index contributed by atoms with van der Waals surface area (Å²) in [5.74, 6) is -0.937. The van der Waals surface area contributed by atoms with Crippen molar-refractivity contribution in [2.75, 3.05) is 12.4 Å². The van der Waals surface area contributed by atoms with Crippen molar-refractivity contribution < 1.29 is 18.0 Å². The number of aromatic nitrogens is 1. The quantitative estimate of drug-likeness (QED) is 0.786. The monoisotopic (exact) mass is 219 g/mol. The maximum absolute atomic E-state index is 12.3. The molecule has 7 heteroatoms. The summed E-state index contributed by atoms with van der Waals surface area (Å²) < 4.78 is 36.8. The fraction of sp³-hybridized carbons (Fsp3) is 0.250. The Morgan fingerprint density at radius 1 is 1.53 bits per heavy atom. The molecule has 0 aliphatic carbocycles. The first-order valence-corrected chi connectivity index (χ1v) is 3.91. The fourth-order valence-electron chi connectivity index (χ4n) is 1.01. The van der Waals surface area contributed by atoms with Crippen molar-refractivity contribution in [2.24, 2.45) is 5.73 Å². The third-order valence-corrected chi connectivity index (χ3v) is 1.72. The predicted octanol–water partition coefficient (Wildman–Crippen LogP) is 1.24. The lowest BCUT2D eigenvalue weighted by Gasteiger charge is -2.09. The molecule has 0 bridgehead atoms. The summed E-state index contributed by atoms with van der Waals surface area (Å²) >= 11 is 0. The van der Waals surface area contributed by atoms with E-state index < -0.39 is 17.6 Å². The van der Waals surface area contributed by atoms with Crippen molar-refractivity contribution in [1.82, 2.24) is 4.98 Å². The molecule has 0 saturated heterocycles. The van der Waals surface area contributed by atoms with Crippen molar-refractivity contribution in [3.8, 4) is 0 Å². The minimum Gasteiger partial charge on any atom is -0.372 e. The molecular formula is C8H8F3N3O. The minimum atomic E-state index is -4.54. The number of carbonyl (C=O) groups is 1. The van der Waals surface area contributed by atoms with E-state index >= 15 is 0 Å². The van der Waals surface area contributed by atoms with Crippen LogP contribution in [0, 0.1) is 0 Å². The Morgan fingerprint density at radius 2 is 2.13 bits per heavy atom. The number of nitrogens with zero attached hydrogens (tertiary/aromatic N) is 1. The highest BCUT2D eigenvalue weighted by Crippen LogP contribution is 2.30. The van der Waals surface area contributed by atoms with Gasteiger partial charge in [-0.1, -0.05) is 0 Å². The van der Waals surface area contributed by atoms with Gasteiger partial charge in [-0.25, -0.2) is 4.98 Å². The number of nitrogens with one attached hydrogen (secondary N) is 1. The van der Waals surface area contributed by atoms with Gasteiger partial charge in [-0.2, -0.15) is 13.2 Å². The molecular weight excluding hydrogens is 211 g/mol. The lowest BCUT2D eigenvalue weighted by Crippen LogP contribution is -2.17. The summed E-state index contributed by atoms with van der Waals surface area (Å²) in [5, 5.41) is 2.48. The standard InChI is InChI=1S/C8H8F3N3O/c1-13-7-5(6(12)15)2-4(3-14-7)8(9,10)11/h2-3H,1H3,(H2,12,15)(H,13,14). The first kappa shape index (κ1) is 11.3. The Kier molecular flexibility index (Phi) is 2.83. The van der Waals surface area contributed by atoms with Crippen molar-refractivity contribution in [1.29, 1.82) is 0 Å². The van der Waals surface area contributed by atoms with Crippen molar-refractivity contribution >= 4 is 11.7 Å². The second-order valence-electron chi connectivity index (χ2n) is 2.73. The average molecular weight is 219 g/mol. The van der Waals surface area contributed by atoms with Crippen LogP contribution in [0.15, 0.2) is 12.3 Å².